The van der Waals surface area contributed by atoms with Crippen molar-refractivity contribution >= 4 is 63.0 Å². The number of rotatable bonds is 5. The lowest BCUT2D eigenvalue weighted by Crippen LogP contribution is -2.35. The highest BCUT2D eigenvalue weighted by Gasteiger charge is 2.42. The zero-order chi connectivity index (χ0) is 24.6. The highest BCUT2D eigenvalue weighted by Crippen LogP contribution is 2.44. The number of halogens is 3. The molecule has 34 heavy (non-hydrogen) atoms. The number of benzene rings is 2. The number of hydrogen-bond donors (Lipinski definition) is 1. The molecule has 0 unspecified atom stereocenters. The van der Waals surface area contributed by atoms with Crippen LogP contribution in [0.2, 0.25) is 0 Å². The molecule has 0 aromatic heterocycles. The number of carbonyl (C=O) groups excluding carboxylic acids is 3. The summed E-state index contributed by atoms with van der Waals surface area (Å²) in [6.07, 6.45) is -3.86. The second kappa shape index (κ2) is 9.22. The van der Waals surface area contributed by atoms with Gasteiger partial charge in [-0.05, 0) is 30.7 Å². The van der Waals surface area contributed by atoms with Gasteiger partial charge in [0.15, 0.2) is 0 Å². The Kier molecular flexibility index (Phi) is 6.50. The topological polar surface area (TPSA) is 69.7 Å². The van der Waals surface area contributed by atoms with Gasteiger partial charge in [0.1, 0.15) is 10.9 Å². The normalized spacial score (nSPS) is 18.1. The highest BCUT2D eigenvalue weighted by molar-refractivity contribution is 8.26. The fourth-order valence-electron chi connectivity index (χ4n) is 3.74. The van der Waals surface area contributed by atoms with E-state index in [0.29, 0.717) is 28.5 Å². The molecule has 2 aliphatic rings. The SMILES string of the molecule is CCCN1C(=O)/C(=C2\C(=O)N(CC(=O)Nc3cccc(C(F)(F)F)c3)c3ccccc32)SC1=S. The molecule has 1 N–H and O–H groups in total. The Morgan fingerprint density at radius 2 is 1.79 bits per heavy atom. The maximum absolute atomic E-state index is 13.4. The molecule has 1 saturated heterocycles. The summed E-state index contributed by atoms with van der Waals surface area (Å²) in [6, 6.07) is 11.0. The van der Waals surface area contributed by atoms with Crippen molar-refractivity contribution in [1.82, 2.24) is 4.90 Å². The van der Waals surface area contributed by atoms with Crippen LogP contribution in [0.3, 0.4) is 0 Å². The fourth-order valence-corrected chi connectivity index (χ4v) is 5.12. The second-order valence-corrected chi connectivity index (χ2v) is 9.21. The van der Waals surface area contributed by atoms with Crippen LogP contribution in [0.1, 0.15) is 24.5 Å². The molecule has 6 nitrogen and oxygen atoms in total. The van der Waals surface area contributed by atoms with Crippen LogP contribution in [0.5, 0.6) is 0 Å². The first-order valence-corrected chi connectivity index (χ1v) is 11.5. The Balaban J connectivity index is 1.61. The first kappa shape index (κ1) is 24.0. The molecule has 0 aliphatic carbocycles. The van der Waals surface area contributed by atoms with Crippen LogP contribution in [-0.4, -0.2) is 40.0 Å². The number of alkyl halides is 3. The standard InChI is InChI=1S/C23H18F3N3O3S2/c1-2-10-28-21(32)19(34-22(28)33)18-15-8-3-4-9-16(15)29(20(18)31)12-17(30)27-14-7-5-6-13(11-14)23(24,25)26/h3-9,11H,2,10,12H2,1H3,(H,27,30)/b19-18+. The molecule has 4 rings (SSSR count). The van der Waals surface area contributed by atoms with Gasteiger partial charge in [-0.2, -0.15) is 13.2 Å². The molecule has 2 heterocycles. The van der Waals surface area contributed by atoms with Crippen molar-refractivity contribution in [1.29, 1.82) is 0 Å². The minimum Gasteiger partial charge on any atom is -0.325 e. The summed E-state index contributed by atoms with van der Waals surface area (Å²) < 4.78 is 39.2. The van der Waals surface area contributed by atoms with E-state index < -0.39 is 30.1 Å². The van der Waals surface area contributed by atoms with Crippen molar-refractivity contribution in [3.8, 4) is 0 Å². The van der Waals surface area contributed by atoms with Crippen LogP contribution in [0.4, 0.5) is 24.5 Å². The van der Waals surface area contributed by atoms with E-state index in [0.717, 1.165) is 23.9 Å². The third kappa shape index (κ3) is 4.45. The van der Waals surface area contributed by atoms with Gasteiger partial charge >= 0.3 is 6.18 Å². The smallest absolute Gasteiger partial charge is 0.325 e. The molecule has 0 spiro atoms. The van der Waals surface area contributed by atoms with Crippen LogP contribution in [0.15, 0.2) is 53.4 Å². The fraction of sp³-hybridized carbons (Fsp3) is 0.217. The van der Waals surface area contributed by atoms with Crippen molar-refractivity contribution in [3.63, 3.8) is 0 Å². The number of amides is 3. The van der Waals surface area contributed by atoms with Crippen LogP contribution < -0.4 is 10.2 Å². The lowest BCUT2D eigenvalue weighted by atomic mass is 10.1. The maximum atomic E-state index is 13.4. The van der Waals surface area contributed by atoms with Crippen molar-refractivity contribution in [2.24, 2.45) is 0 Å². The zero-order valence-corrected chi connectivity index (χ0v) is 19.4. The van der Waals surface area contributed by atoms with Gasteiger partial charge in [0, 0.05) is 17.8 Å². The lowest BCUT2D eigenvalue weighted by Gasteiger charge is -2.17. The van der Waals surface area contributed by atoms with E-state index in [1.54, 1.807) is 24.3 Å². The van der Waals surface area contributed by atoms with E-state index in [1.165, 1.54) is 21.9 Å². The number of thioether (sulfide) groups is 1. The summed E-state index contributed by atoms with van der Waals surface area (Å²) in [5, 5.41) is 2.41. The van der Waals surface area contributed by atoms with Gasteiger partial charge in [0.2, 0.25) is 5.91 Å². The Labute approximate surface area is 202 Å². The van der Waals surface area contributed by atoms with Gasteiger partial charge in [0.25, 0.3) is 11.8 Å². The summed E-state index contributed by atoms with van der Waals surface area (Å²) in [4.78, 5) is 41.8. The van der Waals surface area contributed by atoms with Gasteiger partial charge in [0.05, 0.1) is 21.7 Å². The number of anilines is 2. The molecule has 3 amide bonds. The van der Waals surface area contributed by atoms with E-state index in [1.807, 2.05) is 6.92 Å². The molecule has 2 aromatic rings. The monoisotopic (exact) mass is 505 g/mol. The van der Waals surface area contributed by atoms with Crippen LogP contribution in [0.25, 0.3) is 5.57 Å². The molecule has 11 heteroatoms. The molecule has 2 aromatic carbocycles. The van der Waals surface area contributed by atoms with Crippen molar-refractivity contribution in [3.05, 3.63) is 64.6 Å². The van der Waals surface area contributed by atoms with E-state index in [9.17, 15) is 27.6 Å². The largest absolute Gasteiger partial charge is 0.416 e. The number of carbonyl (C=O) groups is 3. The maximum Gasteiger partial charge on any atom is 0.416 e. The van der Waals surface area contributed by atoms with E-state index in [2.05, 4.69) is 5.32 Å². The predicted molar refractivity (Wildman–Crippen MR) is 128 cm³/mol. The summed E-state index contributed by atoms with van der Waals surface area (Å²) >= 11 is 6.35. The Bertz CT molecular complexity index is 1240. The molecule has 0 saturated carbocycles. The molecule has 176 valence electrons. The molecular formula is C23H18F3N3O3S2. The third-order valence-electron chi connectivity index (χ3n) is 5.22. The Morgan fingerprint density at radius 3 is 2.50 bits per heavy atom. The number of nitrogens with zero attached hydrogens (tertiary/aromatic N) is 2. The Morgan fingerprint density at radius 1 is 1.06 bits per heavy atom. The summed E-state index contributed by atoms with van der Waals surface area (Å²) in [5.74, 6) is -1.58. The third-order valence-corrected chi connectivity index (χ3v) is 6.67. The Hall–Kier alpha value is -3.18. The number of nitrogens with one attached hydrogen (secondary N) is 1. The molecule has 1 fully saturated rings. The number of para-hydroxylation sites is 1. The minimum atomic E-state index is -4.55. The van der Waals surface area contributed by atoms with Gasteiger partial charge < -0.3 is 5.32 Å². The zero-order valence-electron chi connectivity index (χ0n) is 17.8. The molecule has 0 radical (unpaired) electrons. The second-order valence-electron chi connectivity index (χ2n) is 7.56. The first-order valence-electron chi connectivity index (χ1n) is 10.3. The first-order chi connectivity index (χ1) is 16.1. The molecule has 0 bridgehead atoms. The van der Waals surface area contributed by atoms with Gasteiger partial charge in [-0.3, -0.25) is 24.2 Å². The summed E-state index contributed by atoms with van der Waals surface area (Å²) in [7, 11) is 0. The number of hydrogen-bond acceptors (Lipinski definition) is 5. The molecule has 2 aliphatic heterocycles. The van der Waals surface area contributed by atoms with Crippen molar-refractivity contribution in [2.75, 3.05) is 23.3 Å². The van der Waals surface area contributed by atoms with Crippen molar-refractivity contribution in [2.45, 2.75) is 19.5 Å². The quantitative estimate of drug-likeness (QED) is 0.473. The van der Waals surface area contributed by atoms with Gasteiger partial charge in [-0.15, -0.1) is 0 Å². The molecule has 0 atom stereocenters. The predicted octanol–water partition coefficient (Wildman–Crippen LogP) is 4.67. The van der Waals surface area contributed by atoms with E-state index in [4.69, 9.17) is 12.2 Å². The number of thiocarbonyl (C=S) groups is 1. The van der Waals surface area contributed by atoms with Crippen LogP contribution in [0, 0.1) is 0 Å². The van der Waals surface area contributed by atoms with E-state index in [-0.39, 0.29) is 22.1 Å². The van der Waals surface area contributed by atoms with Crippen LogP contribution >= 0.6 is 24.0 Å². The average Bonchev–Trinajstić information content (AvgIpc) is 3.21. The number of fused-ring (bicyclic) bond motifs is 1. The summed E-state index contributed by atoms with van der Waals surface area (Å²) in [6.45, 7) is 1.90. The van der Waals surface area contributed by atoms with Crippen LogP contribution in [-0.2, 0) is 20.6 Å². The molecular weight excluding hydrogens is 487 g/mol. The van der Waals surface area contributed by atoms with Gasteiger partial charge in [-0.1, -0.05) is 55.2 Å². The highest BCUT2D eigenvalue weighted by atomic mass is 32.2. The van der Waals surface area contributed by atoms with E-state index >= 15 is 0 Å². The van der Waals surface area contributed by atoms with Gasteiger partial charge in [-0.25, -0.2) is 0 Å². The lowest BCUT2D eigenvalue weighted by molar-refractivity contribution is -0.137. The average molecular weight is 506 g/mol. The minimum absolute atomic E-state index is 0.0413. The van der Waals surface area contributed by atoms with Crippen molar-refractivity contribution < 1.29 is 27.6 Å². The summed E-state index contributed by atoms with van der Waals surface area (Å²) in [5.41, 5.74) is 0.155.